The van der Waals surface area contributed by atoms with Crippen molar-refractivity contribution < 1.29 is 4.79 Å². The van der Waals surface area contributed by atoms with E-state index in [-0.39, 0.29) is 5.82 Å². The van der Waals surface area contributed by atoms with Gasteiger partial charge in [-0.1, -0.05) is 0 Å². The molecule has 1 saturated carbocycles. The first-order valence-corrected chi connectivity index (χ1v) is 7.46. The maximum atomic E-state index is 12.3. The van der Waals surface area contributed by atoms with Crippen LogP contribution in [0.5, 0.6) is 0 Å². The van der Waals surface area contributed by atoms with Gasteiger partial charge in [-0.2, -0.15) is 10.1 Å². The van der Waals surface area contributed by atoms with Gasteiger partial charge < -0.3 is 5.32 Å². The van der Waals surface area contributed by atoms with Gasteiger partial charge in [0.15, 0.2) is 5.82 Å². The molecule has 1 fully saturated rings. The number of rotatable bonds is 3. The maximum absolute atomic E-state index is 12.3. The maximum Gasteiger partial charge on any atom is 0.296 e. The molecule has 1 amide bonds. The number of carbonyl (C=O) groups excluding carboxylic acids is 1. The zero-order valence-corrected chi connectivity index (χ0v) is 12.8. The molecule has 0 saturated heterocycles. The summed E-state index contributed by atoms with van der Waals surface area (Å²) in [6, 6.07) is 5.53. The average Bonchev–Trinajstić information content (AvgIpc) is 3.27. The van der Waals surface area contributed by atoms with E-state index in [9.17, 15) is 4.79 Å². The molecule has 8 heteroatoms. The van der Waals surface area contributed by atoms with E-state index < -0.39 is 5.91 Å². The van der Waals surface area contributed by atoms with Crippen molar-refractivity contribution in [2.45, 2.75) is 32.6 Å². The molecule has 1 aliphatic rings. The summed E-state index contributed by atoms with van der Waals surface area (Å²) in [5.41, 5.74) is 2.67. The van der Waals surface area contributed by atoms with Crippen molar-refractivity contribution in [3.8, 4) is 0 Å². The Balaban J connectivity index is 1.57. The van der Waals surface area contributed by atoms with Crippen molar-refractivity contribution in [2.24, 2.45) is 0 Å². The Morgan fingerprint density at radius 1 is 1.22 bits per heavy atom. The van der Waals surface area contributed by atoms with Crippen LogP contribution in [0.25, 0.3) is 5.78 Å². The zero-order chi connectivity index (χ0) is 16.0. The van der Waals surface area contributed by atoms with E-state index in [0.717, 1.165) is 29.9 Å². The second-order valence-electron chi connectivity index (χ2n) is 5.76. The first kappa shape index (κ1) is 13.7. The number of carbonyl (C=O) groups is 1. The number of aromatic nitrogens is 6. The highest BCUT2D eigenvalue weighted by molar-refractivity contribution is 6.01. The van der Waals surface area contributed by atoms with E-state index in [4.69, 9.17) is 0 Å². The molecule has 4 rings (SSSR count). The van der Waals surface area contributed by atoms with Crippen LogP contribution >= 0.6 is 0 Å². The molecule has 3 aromatic heterocycles. The molecule has 0 spiro atoms. The summed E-state index contributed by atoms with van der Waals surface area (Å²) >= 11 is 0. The van der Waals surface area contributed by atoms with Gasteiger partial charge in [0.2, 0.25) is 5.82 Å². The molecular formula is C15H15N7O. The van der Waals surface area contributed by atoms with Crippen LogP contribution in [0, 0.1) is 13.8 Å². The highest BCUT2D eigenvalue weighted by Gasteiger charge is 2.25. The van der Waals surface area contributed by atoms with Gasteiger partial charge in [-0.05, 0) is 44.9 Å². The third-order valence-corrected chi connectivity index (χ3v) is 3.74. The lowest BCUT2D eigenvalue weighted by Crippen LogP contribution is -2.15. The van der Waals surface area contributed by atoms with Crippen LogP contribution in [-0.4, -0.2) is 35.7 Å². The Kier molecular flexibility index (Phi) is 3.03. The Hall–Kier alpha value is -2.90. The first-order chi connectivity index (χ1) is 11.1. The predicted octanol–water partition coefficient (Wildman–Crippen LogP) is 1.66. The summed E-state index contributed by atoms with van der Waals surface area (Å²) in [6.07, 6.45) is 2.33. The molecule has 1 aliphatic carbocycles. The lowest BCUT2D eigenvalue weighted by atomic mass is 10.3. The number of amides is 1. The van der Waals surface area contributed by atoms with Crippen LogP contribution in [0.4, 0.5) is 5.82 Å². The lowest BCUT2D eigenvalue weighted by molar-refractivity contribution is 0.101. The molecule has 1 N–H and O–H groups in total. The Labute approximate surface area is 132 Å². The van der Waals surface area contributed by atoms with Crippen LogP contribution in [0.3, 0.4) is 0 Å². The fourth-order valence-electron chi connectivity index (χ4n) is 2.44. The van der Waals surface area contributed by atoms with E-state index in [0.29, 0.717) is 17.5 Å². The minimum atomic E-state index is -0.430. The van der Waals surface area contributed by atoms with Gasteiger partial charge in [-0.15, -0.1) is 10.2 Å². The summed E-state index contributed by atoms with van der Waals surface area (Å²) in [4.78, 5) is 20.7. The van der Waals surface area contributed by atoms with E-state index >= 15 is 0 Å². The molecule has 0 unspecified atom stereocenters. The molecule has 0 aromatic carbocycles. The quantitative estimate of drug-likeness (QED) is 0.790. The molecule has 3 aromatic rings. The topological polar surface area (TPSA) is 98.0 Å². The van der Waals surface area contributed by atoms with Crippen LogP contribution in [0.1, 0.15) is 46.5 Å². The molecule has 3 heterocycles. The Morgan fingerprint density at radius 3 is 2.74 bits per heavy atom. The van der Waals surface area contributed by atoms with Gasteiger partial charge in [0, 0.05) is 17.3 Å². The molecule has 0 bridgehead atoms. The summed E-state index contributed by atoms with van der Waals surface area (Å²) in [5, 5.41) is 15.0. The number of aryl methyl sites for hydroxylation is 2. The predicted molar refractivity (Wildman–Crippen MR) is 82.2 cm³/mol. The van der Waals surface area contributed by atoms with Crippen molar-refractivity contribution in [1.29, 1.82) is 0 Å². The number of nitrogens with one attached hydrogen (secondary N) is 1. The molecule has 0 radical (unpaired) electrons. The van der Waals surface area contributed by atoms with Crippen LogP contribution in [-0.2, 0) is 0 Å². The lowest BCUT2D eigenvalue weighted by Gasteiger charge is -2.01. The van der Waals surface area contributed by atoms with Crippen LogP contribution in [0.15, 0.2) is 18.2 Å². The smallest absolute Gasteiger partial charge is 0.296 e. The monoisotopic (exact) mass is 309 g/mol. The third kappa shape index (κ3) is 2.63. The summed E-state index contributed by atoms with van der Waals surface area (Å²) in [6.45, 7) is 3.76. The molecule has 0 atom stereocenters. The van der Waals surface area contributed by atoms with Crippen molar-refractivity contribution in [1.82, 2.24) is 29.8 Å². The van der Waals surface area contributed by atoms with Gasteiger partial charge in [0.1, 0.15) is 0 Å². The number of nitrogens with zero attached hydrogens (tertiary/aromatic N) is 6. The minimum absolute atomic E-state index is 0.0549. The van der Waals surface area contributed by atoms with Crippen molar-refractivity contribution in [2.75, 3.05) is 5.32 Å². The SMILES string of the molecule is Cc1cc(C)n2nc(C(=O)Nc3ccc(C4CC4)nn3)nc2n1. The van der Waals surface area contributed by atoms with Gasteiger partial charge in [-0.25, -0.2) is 9.50 Å². The Morgan fingerprint density at radius 2 is 2.04 bits per heavy atom. The molecule has 116 valence electrons. The van der Waals surface area contributed by atoms with Crippen LogP contribution in [0.2, 0.25) is 0 Å². The highest BCUT2D eigenvalue weighted by atomic mass is 16.2. The van der Waals surface area contributed by atoms with E-state index in [1.54, 1.807) is 10.6 Å². The average molecular weight is 309 g/mol. The van der Waals surface area contributed by atoms with Crippen molar-refractivity contribution in [3.05, 3.63) is 41.1 Å². The number of anilines is 1. The fourth-order valence-corrected chi connectivity index (χ4v) is 2.44. The van der Waals surface area contributed by atoms with Gasteiger partial charge >= 0.3 is 0 Å². The summed E-state index contributed by atoms with van der Waals surface area (Å²) < 4.78 is 1.55. The normalized spacial score (nSPS) is 14.2. The Bertz CT molecular complexity index is 896. The third-order valence-electron chi connectivity index (χ3n) is 3.74. The highest BCUT2D eigenvalue weighted by Crippen LogP contribution is 2.38. The fraction of sp³-hybridized carbons (Fsp3) is 0.333. The molecule has 0 aliphatic heterocycles. The second-order valence-corrected chi connectivity index (χ2v) is 5.76. The summed E-state index contributed by atoms with van der Waals surface area (Å²) in [5.74, 6) is 0.951. The van der Waals surface area contributed by atoms with Gasteiger partial charge in [0.25, 0.3) is 11.7 Å². The van der Waals surface area contributed by atoms with E-state index in [2.05, 4.69) is 30.6 Å². The summed E-state index contributed by atoms with van der Waals surface area (Å²) in [7, 11) is 0. The van der Waals surface area contributed by atoms with Gasteiger partial charge in [-0.3, -0.25) is 4.79 Å². The van der Waals surface area contributed by atoms with Crippen molar-refractivity contribution >= 4 is 17.5 Å². The molecule has 23 heavy (non-hydrogen) atoms. The van der Waals surface area contributed by atoms with Crippen LogP contribution < -0.4 is 5.32 Å². The van der Waals surface area contributed by atoms with Gasteiger partial charge in [0.05, 0.1) is 5.69 Å². The first-order valence-electron chi connectivity index (χ1n) is 7.46. The minimum Gasteiger partial charge on any atom is -0.302 e. The standard InChI is InChI=1S/C15H15N7O/c1-8-7-9(2)22-15(16-8)18-13(21-22)14(23)17-12-6-5-11(19-20-12)10-3-4-10/h5-7,10H,3-4H2,1-2H3,(H,17,20,23). The molecule has 8 nitrogen and oxygen atoms in total. The zero-order valence-electron chi connectivity index (χ0n) is 12.8. The largest absolute Gasteiger partial charge is 0.302 e. The van der Waals surface area contributed by atoms with E-state index in [1.807, 2.05) is 26.0 Å². The number of fused-ring (bicyclic) bond motifs is 1. The number of hydrogen-bond acceptors (Lipinski definition) is 6. The number of hydrogen-bond donors (Lipinski definition) is 1. The van der Waals surface area contributed by atoms with Crippen molar-refractivity contribution in [3.63, 3.8) is 0 Å². The second kappa shape index (κ2) is 5.08. The van der Waals surface area contributed by atoms with E-state index in [1.165, 1.54) is 0 Å². The molecular weight excluding hydrogens is 294 g/mol.